The van der Waals surface area contributed by atoms with Gasteiger partial charge in [-0.05, 0) is 101 Å². The van der Waals surface area contributed by atoms with Gasteiger partial charge in [-0.15, -0.1) is 0 Å². The molecule has 0 saturated heterocycles. The molecule has 5 heterocycles. The minimum atomic E-state index is -4.70. The lowest BCUT2D eigenvalue weighted by Gasteiger charge is -2.18. The summed E-state index contributed by atoms with van der Waals surface area (Å²) in [6.45, 7) is 11.6. The van der Waals surface area contributed by atoms with Crippen molar-refractivity contribution in [3.63, 3.8) is 0 Å². The number of sulfonamides is 1. The van der Waals surface area contributed by atoms with E-state index >= 15 is 0 Å². The molecule has 0 amide bonds. The topological polar surface area (TPSA) is 237 Å². The Bertz CT molecular complexity index is 3770. The fourth-order valence-electron chi connectivity index (χ4n) is 7.48. The van der Waals surface area contributed by atoms with Gasteiger partial charge in [0.25, 0.3) is 19.1 Å². The smallest absolute Gasteiger partial charge is 0.423 e. The Hall–Kier alpha value is -7.50. The van der Waals surface area contributed by atoms with E-state index in [1.54, 1.807) is 48.5 Å². The van der Waals surface area contributed by atoms with Crippen LogP contribution in [0.1, 0.15) is 92.7 Å². The first-order valence-electron chi connectivity index (χ1n) is 24.6. The first-order valence-corrected chi connectivity index (χ1v) is 28.8. The number of halogens is 13. The fourth-order valence-corrected chi connectivity index (χ4v) is 9.40. The summed E-state index contributed by atoms with van der Waals surface area (Å²) in [5.74, 6) is -1.86. The summed E-state index contributed by atoms with van der Waals surface area (Å²) in [6, 6.07) is 33.0. The quantitative estimate of drug-likeness (QED) is 0.0371. The molecule has 0 unspecified atom stereocenters. The summed E-state index contributed by atoms with van der Waals surface area (Å²) in [7, 11) is -4.74. The standard InChI is InChI=1S/C20H17F4N3O2S.C15H15F3N2.C9H13BO2.C6H4ClF3N2.C5H3ClFNO2S/c1-12(2)13-6-3-4-7-14(13)19-15(20(22,23)24)10-11-17(26-19)27-30(28,29)18-9-5-8-16(21)25-18;1-9(2)10-5-3-4-6-11(10)14-12(15(16,17)18)7-8-13(19)20-14;1-7(2)8-5-3-4-6-9(8)10(11)12;7-5-3(6(8,9)10)1-2-4(11)12-5;6-11(9,10)5-3-1-2-4(7)8-5/h3-12H,1-2H3,(H,26,27);3-9H,1-2H3,(H2,19,20);3-7,11-12H,1-2H3;1-2H,(H2,11,12);1-3H. The van der Waals surface area contributed by atoms with E-state index in [9.17, 15) is 65.1 Å². The first-order chi connectivity index (χ1) is 39.3. The normalized spacial score (nSPS) is 11.7. The van der Waals surface area contributed by atoms with Gasteiger partial charge < -0.3 is 21.5 Å². The second kappa shape index (κ2) is 29.5. The molecular weight excluding hydrogens is 1220 g/mol. The van der Waals surface area contributed by atoms with Crippen LogP contribution in [-0.4, -0.2) is 58.9 Å². The number of aromatic nitrogens is 5. The summed E-state index contributed by atoms with van der Waals surface area (Å²) in [6.07, 6.45) is -13.6. The highest BCUT2D eigenvalue weighted by Crippen LogP contribution is 2.41. The number of nitrogen functional groups attached to an aromatic ring is 2. The van der Waals surface area contributed by atoms with Crippen molar-refractivity contribution in [1.29, 1.82) is 0 Å². The Balaban J connectivity index is 0.000000243. The molecule has 454 valence electrons. The Labute approximate surface area is 491 Å². The van der Waals surface area contributed by atoms with Gasteiger partial charge in [-0.25, -0.2) is 33.3 Å². The van der Waals surface area contributed by atoms with Crippen LogP contribution in [0.5, 0.6) is 0 Å². The summed E-state index contributed by atoms with van der Waals surface area (Å²) >= 11 is 5.20. The van der Waals surface area contributed by atoms with Crippen molar-refractivity contribution in [2.75, 3.05) is 16.2 Å². The van der Waals surface area contributed by atoms with E-state index in [0.717, 1.165) is 71.8 Å². The van der Waals surface area contributed by atoms with Crippen LogP contribution in [0.2, 0.25) is 5.15 Å². The molecule has 7 N–H and O–H groups in total. The minimum Gasteiger partial charge on any atom is -0.423 e. The third kappa shape index (κ3) is 20.6. The summed E-state index contributed by atoms with van der Waals surface area (Å²) in [5.41, 5.74) is 11.2. The number of anilines is 3. The lowest BCUT2D eigenvalue weighted by molar-refractivity contribution is -0.138. The number of alkyl halides is 9. The van der Waals surface area contributed by atoms with E-state index in [1.807, 2.05) is 59.7 Å². The van der Waals surface area contributed by atoms with Crippen LogP contribution < -0.4 is 21.7 Å². The molecule has 5 aromatic heterocycles. The van der Waals surface area contributed by atoms with E-state index < -0.39 is 94.2 Å². The number of benzene rings is 3. The molecule has 0 atom stereocenters. The maximum absolute atomic E-state index is 13.6. The van der Waals surface area contributed by atoms with Crippen molar-refractivity contribution in [1.82, 2.24) is 24.9 Å². The molecule has 14 nitrogen and oxygen atoms in total. The van der Waals surface area contributed by atoms with E-state index in [-0.39, 0.29) is 40.5 Å². The van der Waals surface area contributed by atoms with Gasteiger partial charge in [0.05, 0.1) is 28.1 Å². The van der Waals surface area contributed by atoms with Crippen molar-refractivity contribution in [3.05, 3.63) is 196 Å². The summed E-state index contributed by atoms with van der Waals surface area (Å²) < 4.78 is 190. The molecule has 3 aromatic carbocycles. The SMILES string of the molecule is CC(C)c1ccccc1-c1nc(N)ccc1C(F)(F)F.CC(C)c1ccccc1-c1nc(NS(=O)(=O)c2cccc(F)n2)ccc1C(F)(F)F.CC(C)c1ccccc1B(O)O.Nc1ccc(C(F)(F)F)c(Cl)n1.O=S(=O)(Cl)c1cccc(F)n1. The van der Waals surface area contributed by atoms with Gasteiger partial charge in [0, 0.05) is 21.8 Å². The predicted octanol–water partition coefficient (Wildman–Crippen LogP) is 13.7. The van der Waals surface area contributed by atoms with E-state index in [0.29, 0.717) is 22.5 Å². The van der Waals surface area contributed by atoms with E-state index in [2.05, 4.69) is 29.6 Å². The largest absolute Gasteiger partial charge is 0.488 e. The molecule has 0 radical (unpaired) electrons. The van der Waals surface area contributed by atoms with E-state index in [1.165, 1.54) is 18.2 Å². The van der Waals surface area contributed by atoms with E-state index in [4.69, 9.17) is 43.8 Å². The number of hydrogen-bond acceptors (Lipinski definition) is 13. The lowest BCUT2D eigenvalue weighted by atomic mass is 9.74. The maximum Gasteiger partial charge on any atom is 0.488 e. The average molecular weight is 1280 g/mol. The zero-order chi connectivity index (χ0) is 64.0. The van der Waals surface area contributed by atoms with Crippen molar-refractivity contribution in [2.24, 2.45) is 0 Å². The van der Waals surface area contributed by atoms with Crippen LogP contribution in [0.4, 0.5) is 65.7 Å². The molecular formula is C55H52BCl2F11N8O6S2. The highest BCUT2D eigenvalue weighted by molar-refractivity contribution is 8.13. The number of nitrogens with two attached hydrogens (primary N) is 2. The van der Waals surface area contributed by atoms with Crippen molar-refractivity contribution in [2.45, 2.75) is 87.9 Å². The van der Waals surface area contributed by atoms with Gasteiger partial charge in [-0.1, -0.05) is 138 Å². The maximum atomic E-state index is 13.6. The lowest BCUT2D eigenvalue weighted by Crippen LogP contribution is -2.33. The van der Waals surface area contributed by atoms with Gasteiger partial charge >= 0.3 is 25.6 Å². The number of nitrogens with zero attached hydrogens (tertiary/aromatic N) is 5. The molecule has 0 bridgehead atoms. The van der Waals surface area contributed by atoms with Gasteiger partial charge in [0.2, 0.25) is 11.9 Å². The number of nitrogens with one attached hydrogen (secondary N) is 1. The molecule has 8 rings (SSSR count). The number of hydrogen-bond donors (Lipinski definition) is 5. The van der Waals surface area contributed by atoms with Crippen LogP contribution in [0.3, 0.4) is 0 Å². The monoisotopic (exact) mass is 1270 g/mol. The third-order valence-corrected chi connectivity index (χ3v) is 14.1. The van der Waals surface area contributed by atoms with Crippen LogP contribution in [0, 0.1) is 11.9 Å². The van der Waals surface area contributed by atoms with Crippen molar-refractivity contribution < 1.29 is 75.2 Å². The van der Waals surface area contributed by atoms with Gasteiger partial charge in [-0.2, -0.15) is 56.7 Å². The zero-order valence-electron chi connectivity index (χ0n) is 45.3. The highest BCUT2D eigenvalue weighted by atomic mass is 35.7. The van der Waals surface area contributed by atoms with Crippen LogP contribution in [0.15, 0.2) is 156 Å². The second-order valence-electron chi connectivity index (χ2n) is 18.6. The molecule has 85 heavy (non-hydrogen) atoms. The minimum absolute atomic E-state index is 0.0343. The Kier molecular flexibility index (Phi) is 24.3. The fraction of sp³-hybridized carbons (Fsp3) is 0.218. The first kappa shape index (κ1) is 70.0. The molecule has 8 aromatic rings. The van der Waals surface area contributed by atoms with Gasteiger partial charge in [0.15, 0.2) is 10.1 Å². The van der Waals surface area contributed by atoms with Crippen LogP contribution in [0.25, 0.3) is 22.5 Å². The van der Waals surface area contributed by atoms with Gasteiger partial charge in [-0.3, -0.25) is 4.72 Å². The van der Waals surface area contributed by atoms with Crippen molar-refractivity contribution >= 4 is 71.4 Å². The summed E-state index contributed by atoms with van der Waals surface area (Å²) in [4.78, 5) is 17.5. The zero-order valence-corrected chi connectivity index (χ0v) is 48.5. The Morgan fingerprint density at radius 1 is 0.482 bits per heavy atom. The average Bonchev–Trinajstić information content (AvgIpc) is 2.67. The van der Waals surface area contributed by atoms with Crippen molar-refractivity contribution in [3.8, 4) is 22.5 Å². The molecule has 30 heteroatoms. The Morgan fingerprint density at radius 3 is 1.27 bits per heavy atom. The molecule has 0 aliphatic heterocycles. The van der Waals surface area contributed by atoms with Gasteiger partial charge in [0.1, 0.15) is 22.6 Å². The molecule has 0 aliphatic carbocycles. The predicted molar refractivity (Wildman–Crippen MR) is 303 cm³/mol. The molecule has 0 aliphatic rings. The molecule has 0 fully saturated rings. The number of pyridine rings is 5. The number of rotatable bonds is 10. The highest BCUT2D eigenvalue weighted by Gasteiger charge is 2.37. The molecule has 0 spiro atoms. The second-order valence-corrected chi connectivity index (χ2v) is 23.1. The van der Waals surface area contributed by atoms with Crippen LogP contribution >= 0.6 is 22.3 Å². The Morgan fingerprint density at radius 2 is 0.871 bits per heavy atom. The molecule has 0 saturated carbocycles. The van der Waals surface area contributed by atoms with Crippen LogP contribution in [-0.2, 0) is 37.6 Å². The third-order valence-electron chi connectivity index (χ3n) is 11.3. The summed E-state index contributed by atoms with van der Waals surface area (Å²) in [5, 5.41) is 16.3.